The summed E-state index contributed by atoms with van der Waals surface area (Å²) in [5, 5.41) is 11.8. The van der Waals surface area contributed by atoms with Crippen LogP contribution in [0.4, 0.5) is 4.39 Å². The lowest BCUT2D eigenvalue weighted by molar-refractivity contribution is -0.142. The molecule has 1 aliphatic rings. The molecule has 0 atom stereocenters. The number of benzene rings is 1. The number of halogens is 1. The first-order valence-electron chi connectivity index (χ1n) is 6.77. The van der Waals surface area contributed by atoms with E-state index in [9.17, 15) is 14.0 Å². The summed E-state index contributed by atoms with van der Waals surface area (Å²) < 4.78 is 13.4. The van der Waals surface area contributed by atoms with Gasteiger partial charge in [0.25, 0.3) is 5.91 Å². The standard InChI is InChI=1S/C15H18FNO3/c1-9-2-3-11(8-13(9)16)14(18)17-12-6-4-10(5-7-12)15(19)20/h2-3,8,10,12H,4-7H2,1H3,(H,17,18)(H,19,20). The number of carbonyl (C=O) groups is 2. The summed E-state index contributed by atoms with van der Waals surface area (Å²) in [6, 6.07) is 4.37. The van der Waals surface area contributed by atoms with Gasteiger partial charge in [-0.2, -0.15) is 0 Å². The predicted octanol–water partition coefficient (Wildman–Crippen LogP) is 2.51. The fourth-order valence-corrected chi connectivity index (χ4v) is 2.49. The Balaban J connectivity index is 1.92. The molecule has 1 amide bonds. The first kappa shape index (κ1) is 14.5. The van der Waals surface area contributed by atoms with Crippen LogP contribution >= 0.6 is 0 Å². The van der Waals surface area contributed by atoms with Crippen LogP contribution < -0.4 is 5.32 Å². The molecule has 0 spiro atoms. The van der Waals surface area contributed by atoms with E-state index in [1.165, 1.54) is 6.07 Å². The fourth-order valence-electron chi connectivity index (χ4n) is 2.49. The first-order chi connectivity index (χ1) is 9.47. The Hall–Kier alpha value is -1.91. The molecule has 0 saturated heterocycles. The van der Waals surface area contributed by atoms with Gasteiger partial charge in [-0.3, -0.25) is 9.59 Å². The van der Waals surface area contributed by atoms with Crippen molar-refractivity contribution in [1.29, 1.82) is 0 Å². The van der Waals surface area contributed by atoms with E-state index in [2.05, 4.69) is 5.32 Å². The number of amides is 1. The van der Waals surface area contributed by atoms with Crippen molar-refractivity contribution in [2.75, 3.05) is 0 Å². The highest BCUT2D eigenvalue weighted by Gasteiger charge is 2.26. The average molecular weight is 279 g/mol. The van der Waals surface area contributed by atoms with Crippen LogP contribution in [0.2, 0.25) is 0 Å². The van der Waals surface area contributed by atoms with Crippen LogP contribution in [0.1, 0.15) is 41.6 Å². The zero-order valence-corrected chi connectivity index (χ0v) is 11.4. The van der Waals surface area contributed by atoms with Gasteiger partial charge in [0.2, 0.25) is 0 Å². The van der Waals surface area contributed by atoms with Crippen LogP contribution in [0.15, 0.2) is 18.2 Å². The number of carboxylic acid groups (broad SMARTS) is 1. The molecule has 2 N–H and O–H groups in total. The summed E-state index contributed by atoms with van der Waals surface area (Å²) >= 11 is 0. The molecule has 0 radical (unpaired) electrons. The minimum Gasteiger partial charge on any atom is -0.481 e. The van der Waals surface area contributed by atoms with Crippen LogP contribution in [-0.2, 0) is 4.79 Å². The fraction of sp³-hybridized carbons (Fsp3) is 0.467. The number of nitrogens with one attached hydrogen (secondary N) is 1. The third-order valence-corrected chi connectivity index (χ3v) is 3.85. The lowest BCUT2D eigenvalue weighted by Crippen LogP contribution is -2.38. The topological polar surface area (TPSA) is 66.4 Å². The monoisotopic (exact) mass is 279 g/mol. The van der Waals surface area contributed by atoms with Gasteiger partial charge in [0.15, 0.2) is 0 Å². The van der Waals surface area contributed by atoms with Gasteiger partial charge in [0.05, 0.1) is 5.92 Å². The van der Waals surface area contributed by atoms with Gasteiger partial charge in [-0.15, -0.1) is 0 Å². The van der Waals surface area contributed by atoms with Gasteiger partial charge >= 0.3 is 5.97 Å². The van der Waals surface area contributed by atoms with Crippen LogP contribution in [0.3, 0.4) is 0 Å². The average Bonchev–Trinajstić information content (AvgIpc) is 2.42. The Morgan fingerprint density at radius 1 is 1.25 bits per heavy atom. The molecule has 5 heteroatoms. The van der Waals surface area contributed by atoms with E-state index in [0.717, 1.165) is 0 Å². The number of aliphatic carboxylic acids is 1. The SMILES string of the molecule is Cc1ccc(C(=O)NC2CCC(C(=O)O)CC2)cc1F. The number of rotatable bonds is 3. The van der Waals surface area contributed by atoms with Crippen molar-refractivity contribution in [3.05, 3.63) is 35.1 Å². The first-order valence-corrected chi connectivity index (χ1v) is 6.77. The van der Waals surface area contributed by atoms with Gasteiger partial charge in [0.1, 0.15) is 5.82 Å². The van der Waals surface area contributed by atoms with Crippen LogP contribution in [-0.4, -0.2) is 23.0 Å². The summed E-state index contributed by atoms with van der Waals surface area (Å²) in [6.45, 7) is 1.64. The maximum atomic E-state index is 13.4. The number of hydrogen-bond donors (Lipinski definition) is 2. The molecule has 108 valence electrons. The van der Waals surface area contributed by atoms with Gasteiger partial charge in [-0.25, -0.2) is 4.39 Å². The van der Waals surface area contributed by atoms with Gasteiger partial charge < -0.3 is 10.4 Å². The summed E-state index contributed by atoms with van der Waals surface area (Å²) in [5.41, 5.74) is 0.803. The molecule has 1 aliphatic carbocycles. The summed E-state index contributed by atoms with van der Waals surface area (Å²) in [6.07, 6.45) is 2.44. The lowest BCUT2D eigenvalue weighted by Gasteiger charge is -2.26. The molecule has 1 fully saturated rings. The normalized spacial score (nSPS) is 22.3. The van der Waals surface area contributed by atoms with Crippen molar-refractivity contribution in [3.8, 4) is 0 Å². The maximum absolute atomic E-state index is 13.4. The maximum Gasteiger partial charge on any atom is 0.306 e. The van der Waals surface area contributed by atoms with E-state index in [4.69, 9.17) is 5.11 Å². The second kappa shape index (κ2) is 6.03. The van der Waals surface area contributed by atoms with E-state index in [-0.39, 0.29) is 17.9 Å². The molecule has 1 aromatic rings. The molecule has 1 aromatic carbocycles. The second-order valence-corrected chi connectivity index (χ2v) is 5.32. The molecule has 0 aromatic heterocycles. The summed E-state index contributed by atoms with van der Waals surface area (Å²) in [5.74, 6) is -1.77. The predicted molar refractivity (Wildman–Crippen MR) is 72.0 cm³/mol. The van der Waals surface area contributed by atoms with Crippen LogP contribution in [0.5, 0.6) is 0 Å². The van der Waals surface area contributed by atoms with Crippen LogP contribution in [0.25, 0.3) is 0 Å². The number of aryl methyl sites for hydroxylation is 1. The van der Waals surface area contributed by atoms with E-state index in [1.54, 1.807) is 19.1 Å². The van der Waals surface area contributed by atoms with Gasteiger partial charge in [-0.05, 0) is 50.3 Å². The molecule has 0 unspecified atom stereocenters. The Morgan fingerprint density at radius 2 is 1.90 bits per heavy atom. The third-order valence-electron chi connectivity index (χ3n) is 3.85. The van der Waals surface area contributed by atoms with E-state index in [0.29, 0.717) is 36.8 Å². The van der Waals surface area contributed by atoms with Gasteiger partial charge in [0, 0.05) is 11.6 Å². The van der Waals surface area contributed by atoms with Crippen molar-refractivity contribution in [2.24, 2.45) is 5.92 Å². The molecule has 1 saturated carbocycles. The molecular formula is C15H18FNO3. The minimum atomic E-state index is -0.768. The zero-order chi connectivity index (χ0) is 14.7. The molecule has 0 bridgehead atoms. The third kappa shape index (κ3) is 3.35. The Morgan fingerprint density at radius 3 is 2.45 bits per heavy atom. The molecule has 20 heavy (non-hydrogen) atoms. The quantitative estimate of drug-likeness (QED) is 0.893. The highest BCUT2D eigenvalue weighted by atomic mass is 19.1. The second-order valence-electron chi connectivity index (χ2n) is 5.32. The Bertz CT molecular complexity index is 522. The molecule has 0 heterocycles. The van der Waals surface area contributed by atoms with Crippen LogP contribution in [0, 0.1) is 18.7 Å². The van der Waals surface area contributed by atoms with Crippen molar-refractivity contribution in [2.45, 2.75) is 38.6 Å². The van der Waals surface area contributed by atoms with E-state index >= 15 is 0 Å². The largest absolute Gasteiger partial charge is 0.481 e. The smallest absolute Gasteiger partial charge is 0.306 e. The number of carbonyl (C=O) groups excluding carboxylic acids is 1. The molecule has 2 rings (SSSR count). The Kier molecular flexibility index (Phi) is 4.37. The lowest BCUT2D eigenvalue weighted by atomic mass is 9.86. The van der Waals surface area contributed by atoms with Crippen molar-refractivity contribution in [3.63, 3.8) is 0 Å². The van der Waals surface area contributed by atoms with Crippen molar-refractivity contribution >= 4 is 11.9 Å². The molecule has 0 aliphatic heterocycles. The summed E-state index contributed by atoms with van der Waals surface area (Å²) in [7, 11) is 0. The Labute approximate surface area is 117 Å². The summed E-state index contributed by atoms with van der Waals surface area (Å²) in [4.78, 5) is 22.8. The van der Waals surface area contributed by atoms with Crippen molar-refractivity contribution in [1.82, 2.24) is 5.32 Å². The minimum absolute atomic E-state index is 0.0255. The zero-order valence-electron chi connectivity index (χ0n) is 11.4. The van der Waals surface area contributed by atoms with E-state index < -0.39 is 11.8 Å². The van der Waals surface area contributed by atoms with E-state index in [1.807, 2.05) is 0 Å². The number of hydrogen-bond acceptors (Lipinski definition) is 2. The highest BCUT2D eigenvalue weighted by Crippen LogP contribution is 2.24. The van der Waals surface area contributed by atoms with Crippen molar-refractivity contribution < 1.29 is 19.1 Å². The highest BCUT2D eigenvalue weighted by molar-refractivity contribution is 5.94. The molecule has 4 nitrogen and oxygen atoms in total. The number of carboxylic acids is 1. The van der Waals surface area contributed by atoms with Gasteiger partial charge in [-0.1, -0.05) is 6.07 Å². The molecular weight excluding hydrogens is 261 g/mol.